The Morgan fingerprint density at radius 2 is 1.61 bits per heavy atom. The molecule has 3 amide bonds. The molecule has 2 saturated carbocycles. The van der Waals surface area contributed by atoms with Crippen LogP contribution in [0.1, 0.15) is 17.5 Å². The Balaban J connectivity index is 1.34. The number of amides is 3. The summed E-state index contributed by atoms with van der Waals surface area (Å²) < 4.78 is 39.8. The Kier molecular flexibility index (Phi) is 5.30. The number of nitrogens with zero attached hydrogens (tertiary/aromatic N) is 1. The molecule has 5 nitrogen and oxygen atoms in total. The van der Waals surface area contributed by atoms with Crippen LogP contribution in [0, 0.1) is 35.5 Å². The Hall–Kier alpha value is -3.13. The van der Waals surface area contributed by atoms with Crippen LogP contribution in [-0.2, 0) is 27.0 Å². The normalized spacial score (nSPS) is 30.7. The fourth-order valence-electron chi connectivity index (χ4n) is 6.44. The van der Waals surface area contributed by atoms with Crippen LogP contribution in [0.3, 0.4) is 0 Å². The van der Waals surface area contributed by atoms with E-state index in [1.165, 1.54) is 0 Å². The average molecular weight is 515 g/mol. The molecular weight excluding hydrogens is 493 g/mol. The monoisotopic (exact) mass is 514 g/mol. The van der Waals surface area contributed by atoms with Crippen molar-refractivity contribution in [2.24, 2.45) is 35.5 Å². The maximum atomic E-state index is 13.7. The summed E-state index contributed by atoms with van der Waals surface area (Å²) in [5.41, 5.74) is -0.482. The van der Waals surface area contributed by atoms with Gasteiger partial charge < -0.3 is 5.32 Å². The predicted molar refractivity (Wildman–Crippen MR) is 126 cm³/mol. The number of hydrogen-bond donors (Lipinski definition) is 1. The van der Waals surface area contributed by atoms with Gasteiger partial charge in [0.05, 0.1) is 28.1 Å². The number of allylic oxidation sites excluding steroid dienone is 2. The van der Waals surface area contributed by atoms with Crippen LogP contribution in [0.2, 0.25) is 5.02 Å². The Labute approximate surface area is 210 Å². The molecule has 0 radical (unpaired) electrons. The first-order valence-electron chi connectivity index (χ1n) is 11.9. The van der Waals surface area contributed by atoms with E-state index in [9.17, 15) is 27.6 Å². The third-order valence-electron chi connectivity index (χ3n) is 8.13. The highest BCUT2D eigenvalue weighted by Crippen LogP contribution is 2.65. The summed E-state index contributed by atoms with van der Waals surface area (Å²) in [6.45, 7) is 0. The van der Waals surface area contributed by atoms with Crippen LogP contribution in [-0.4, -0.2) is 28.7 Å². The Morgan fingerprint density at radius 1 is 1.00 bits per heavy atom. The summed E-state index contributed by atoms with van der Waals surface area (Å²) in [6, 6.07) is 10.3. The van der Waals surface area contributed by atoms with E-state index < -0.39 is 35.5 Å². The minimum absolute atomic E-state index is 0.00945. The minimum Gasteiger partial charge on any atom is -0.323 e. The fraction of sp³-hybridized carbons (Fsp3) is 0.370. The van der Waals surface area contributed by atoms with E-state index in [2.05, 4.69) is 5.32 Å². The molecule has 5 aliphatic rings. The maximum absolute atomic E-state index is 13.7. The first kappa shape index (κ1) is 23.3. The molecule has 9 heteroatoms. The van der Waals surface area contributed by atoms with Gasteiger partial charge in [-0.1, -0.05) is 54.1 Å². The highest BCUT2D eigenvalue weighted by Gasteiger charge is 2.67. The maximum Gasteiger partial charge on any atom is 0.416 e. The topological polar surface area (TPSA) is 66.5 Å². The summed E-state index contributed by atoms with van der Waals surface area (Å²) in [6.07, 6.45) is 0.511. The molecule has 1 N–H and O–H groups in total. The zero-order valence-electron chi connectivity index (χ0n) is 18.9. The smallest absolute Gasteiger partial charge is 0.323 e. The lowest BCUT2D eigenvalue weighted by atomic mass is 9.63. The molecule has 3 fully saturated rings. The van der Waals surface area contributed by atoms with Gasteiger partial charge >= 0.3 is 6.18 Å². The van der Waals surface area contributed by atoms with Crippen molar-refractivity contribution in [1.82, 2.24) is 4.90 Å². The number of likely N-dealkylation sites (tertiary alicyclic amines) is 1. The van der Waals surface area contributed by atoms with Crippen molar-refractivity contribution < 1.29 is 27.6 Å². The van der Waals surface area contributed by atoms with Gasteiger partial charge in [-0.2, -0.15) is 13.2 Å². The molecule has 36 heavy (non-hydrogen) atoms. The lowest BCUT2D eigenvalue weighted by Gasteiger charge is -2.37. The number of nitrogens with one attached hydrogen (secondary N) is 1. The van der Waals surface area contributed by atoms with Crippen LogP contribution in [0.4, 0.5) is 18.9 Å². The van der Waals surface area contributed by atoms with Crippen LogP contribution in [0.25, 0.3) is 0 Å². The van der Waals surface area contributed by atoms with E-state index in [-0.39, 0.29) is 40.8 Å². The second kappa shape index (κ2) is 8.20. The highest BCUT2D eigenvalue weighted by atomic mass is 35.5. The molecule has 2 aromatic rings. The van der Waals surface area contributed by atoms with Crippen LogP contribution in [0.15, 0.2) is 60.7 Å². The Morgan fingerprint density at radius 3 is 2.19 bits per heavy atom. The van der Waals surface area contributed by atoms with Gasteiger partial charge in [0.1, 0.15) is 6.04 Å². The number of hydrogen-bond acceptors (Lipinski definition) is 3. The molecule has 186 valence electrons. The van der Waals surface area contributed by atoms with Crippen LogP contribution < -0.4 is 5.32 Å². The zero-order chi connectivity index (χ0) is 25.4. The summed E-state index contributed by atoms with van der Waals surface area (Å²) in [5, 5.41) is 2.39. The molecule has 7 atom stereocenters. The number of alkyl halides is 3. The van der Waals surface area contributed by atoms with Gasteiger partial charge in [-0.25, -0.2) is 0 Å². The largest absolute Gasteiger partial charge is 0.416 e. The van der Waals surface area contributed by atoms with Gasteiger partial charge in [0, 0.05) is 6.42 Å². The van der Waals surface area contributed by atoms with Gasteiger partial charge in [0.2, 0.25) is 17.7 Å². The second-order valence-corrected chi connectivity index (χ2v) is 10.5. The van der Waals surface area contributed by atoms with E-state index in [1.54, 1.807) is 30.3 Å². The molecule has 7 rings (SSSR count). The molecule has 2 aromatic carbocycles. The standard InChI is InChI=1S/C27H22ClF3N2O3/c28-19-9-6-14(27(29,30)31)11-20(19)32-24(34)21(10-13-4-2-1-3-5-13)33-25(35)22-15-7-8-16(18-12-17(15)18)23(22)26(33)36/h1-9,11,15-18,21-23H,10,12H2,(H,32,34)/t15-,16-,17-,18-,21-,22-,23+/m0/s1. The average Bonchev–Trinajstić information content (AvgIpc) is 3.62. The van der Waals surface area contributed by atoms with Gasteiger partial charge in [0.15, 0.2) is 0 Å². The lowest BCUT2D eigenvalue weighted by Crippen LogP contribution is -2.49. The molecule has 0 aromatic heterocycles. The molecular formula is C27H22ClF3N2O3. The number of halogens is 4. The molecule has 1 aliphatic heterocycles. The number of rotatable bonds is 5. The van der Waals surface area contributed by atoms with Crippen LogP contribution >= 0.6 is 11.6 Å². The van der Waals surface area contributed by atoms with Crippen molar-refractivity contribution in [2.45, 2.75) is 25.1 Å². The van der Waals surface area contributed by atoms with Gasteiger partial charge in [0.25, 0.3) is 0 Å². The second-order valence-electron chi connectivity index (χ2n) is 10.1. The van der Waals surface area contributed by atoms with Crippen molar-refractivity contribution in [3.8, 4) is 0 Å². The van der Waals surface area contributed by atoms with Gasteiger partial charge in [-0.3, -0.25) is 19.3 Å². The van der Waals surface area contributed by atoms with E-state index in [0.717, 1.165) is 29.5 Å². The van der Waals surface area contributed by atoms with Gasteiger partial charge in [-0.15, -0.1) is 0 Å². The fourth-order valence-corrected chi connectivity index (χ4v) is 6.60. The van der Waals surface area contributed by atoms with E-state index in [1.807, 2.05) is 12.2 Å². The molecule has 1 saturated heterocycles. The number of anilines is 1. The minimum atomic E-state index is -4.63. The third-order valence-corrected chi connectivity index (χ3v) is 8.46. The summed E-state index contributed by atoms with van der Waals surface area (Å²) >= 11 is 6.10. The Bertz CT molecular complexity index is 1260. The number of benzene rings is 2. The first-order chi connectivity index (χ1) is 17.1. The van der Waals surface area contributed by atoms with Gasteiger partial charge in [-0.05, 0) is 53.9 Å². The number of carbonyl (C=O) groups excluding carboxylic acids is 3. The first-order valence-corrected chi connectivity index (χ1v) is 12.3. The third kappa shape index (κ3) is 3.65. The van der Waals surface area contributed by atoms with E-state index in [0.29, 0.717) is 17.4 Å². The molecule has 1 heterocycles. The van der Waals surface area contributed by atoms with Crippen molar-refractivity contribution >= 4 is 35.0 Å². The molecule has 0 unspecified atom stereocenters. The SMILES string of the molecule is O=C(Nc1cc(C(F)(F)F)ccc1Cl)[C@H](Cc1ccccc1)N1C(=O)[C@@H]2[C@H]3C=C[C@@H]([C@@H]4C[C@@H]34)[C@@H]2C1=O. The van der Waals surface area contributed by atoms with E-state index >= 15 is 0 Å². The van der Waals surface area contributed by atoms with Crippen molar-refractivity contribution in [2.75, 3.05) is 5.32 Å². The number of carbonyl (C=O) groups is 3. The van der Waals surface area contributed by atoms with Crippen molar-refractivity contribution in [3.63, 3.8) is 0 Å². The predicted octanol–water partition coefficient (Wildman–Crippen LogP) is 4.96. The van der Waals surface area contributed by atoms with Crippen LogP contribution in [0.5, 0.6) is 0 Å². The summed E-state index contributed by atoms with van der Waals surface area (Å²) in [5.74, 6) is -1.69. The number of imide groups is 1. The zero-order valence-corrected chi connectivity index (χ0v) is 19.7. The molecule has 0 spiro atoms. The molecule has 4 aliphatic carbocycles. The quantitative estimate of drug-likeness (QED) is 0.453. The lowest BCUT2D eigenvalue weighted by molar-refractivity contribution is -0.146. The highest BCUT2D eigenvalue weighted by molar-refractivity contribution is 6.33. The van der Waals surface area contributed by atoms with E-state index in [4.69, 9.17) is 11.6 Å². The van der Waals surface area contributed by atoms with Crippen molar-refractivity contribution in [1.29, 1.82) is 0 Å². The molecule has 2 bridgehead atoms. The summed E-state index contributed by atoms with van der Waals surface area (Å²) in [4.78, 5) is 41.9. The van der Waals surface area contributed by atoms with Crippen molar-refractivity contribution in [3.05, 3.63) is 76.8 Å². The summed E-state index contributed by atoms with van der Waals surface area (Å²) in [7, 11) is 0.